The molecule has 112 valence electrons. The van der Waals surface area contributed by atoms with Crippen LogP contribution in [0.2, 0.25) is 0 Å². The molecule has 1 saturated heterocycles. The van der Waals surface area contributed by atoms with Gasteiger partial charge >= 0.3 is 0 Å². The third kappa shape index (κ3) is 5.91. The number of quaternary nitrogens is 2. The molecule has 4 nitrogen and oxygen atoms in total. The summed E-state index contributed by atoms with van der Waals surface area (Å²) in [5.74, 6) is 1.63. The molecule has 0 aromatic carbocycles. The van der Waals surface area contributed by atoms with Crippen LogP contribution in [0.5, 0.6) is 0 Å². The van der Waals surface area contributed by atoms with Crippen LogP contribution in [0, 0.1) is 11.8 Å². The van der Waals surface area contributed by atoms with Crippen molar-refractivity contribution >= 4 is 5.91 Å². The second kappa shape index (κ2) is 7.85. The van der Waals surface area contributed by atoms with E-state index in [1.54, 1.807) is 0 Å². The summed E-state index contributed by atoms with van der Waals surface area (Å²) in [4.78, 5) is 16.0. The Morgan fingerprint density at radius 2 is 1.89 bits per heavy atom. The normalized spacial score (nSPS) is 25.7. The van der Waals surface area contributed by atoms with Gasteiger partial charge in [-0.25, -0.2) is 0 Å². The van der Waals surface area contributed by atoms with E-state index >= 15 is 0 Å². The predicted octanol–water partition coefficient (Wildman–Crippen LogP) is -1.02. The zero-order chi connectivity index (χ0) is 14.4. The number of piperidine rings is 1. The van der Waals surface area contributed by atoms with Gasteiger partial charge < -0.3 is 15.1 Å². The first kappa shape index (κ1) is 16.4. The molecule has 1 aliphatic rings. The van der Waals surface area contributed by atoms with E-state index in [4.69, 9.17) is 0 Å². The number of rotatable bonds is 6. The van der Waals surface area contributed by atoms with E-state index in [1.807, 2.05) is 0 Å². The van der Waals surface area contributed by atoms with Crippen LogP contribution in [-0.2, 0) is 4.79 Å². The zero-order valence-electron chi connectivity index (χ0n) is 13.4. The van der Waals surface area contributed by atoms with Crippen LogP contribution in [0.25, 0.3) is 0 Å². The van der Waals surface area contributed by atoms with E-state index in [2.05, 4.69) is 45.1 Å². The Morgan fingerprint density at radius 1 is 1.32 bits per heavy atom. The number of hydrogen-bond acceptors (Lipinski definition) is 1. The predicted molar refractivity (Wildman–Crippen MR) is 78.1 cm³/mol. The van der Waals surface area contributed by atoms with Gasteiger partial charge in [-0.2, -0.15) is 0 Å². The molecule has 0 bridgehead atoms. The molecule has 1 rings (SSSR count). The largest absolute Gasteiger partial charge is 0.340 e. The average Bonchev–Trinajstić information content (AvgIpc) is 2.32. The minimum atomic E-state index is 0.0784. The SMILES string of the molecule is C[C@@H]1C[C@H](C)CN(C(=O)[C@@H](C)[NH2+]CCC[NH+](C)C)C1. The van der Waals surface area contributed by atoms with E-state index in [1.165, 1.54) is 24.3 Å². The third-order valence-corrected chi connectivity index (χ3v) is 3.97. The van der Waals surface area contributed by atoms with E-state index in [0.29, 0.717) is 17.7 Å². The summed E-state index contributed by atoms with van der Waals surface area (Å²) in [7, 11) is 4.34. The van der Waals surface area contributed by atoms with Gasteiger partial charge in [-0.3, -0.25) is 4.79 Å². The summed E-state index contributed by atoms with van der Waals surface area (Å²) in [6.45, 7) is 10.7. The standard InChI is InChI=1S/C15H31N3O/c1-12-9-13(2)11-18(10-12)15(19)14(3)16-7-6-8-17(4)5/h12-14,16H,6-11H2,1-5H3/p+2/t12-,13+,14-/m1/s1. The summed E-state index contributed by atoms with van der Waals surface area (Å²) >= 11 is 0. The molecular weight excluding hydrogens is 238 g/mol. The first-order chi connectivity index (χ1) is 8.90. The monoisotopic (exact) mass is 271 g/mol. The van der Waals surface area contributed by atoms with Crippen molar-refractivity contribution in [3.8, 4) is 0 Å². The number of nitrogens with zero attached hydrogens (tertiary/aromatic N) is 1. The highest BCUT2D eigenvalue weighted by atomic mass is 16.2. The van der Waals surface area contributed by atoms with Crippen molar-refractivity contribution < 1.29 is 15.0 Å². The van der Waals surface area contributed by atoms with Crippen molar-refractivity contribution in [2.75, 3.05) is 40.3 Å². The lowest BCUT2D eigenvalue weighted by Gasteiger charge is -2.35. The Hall–Kier alpha value is -0.610. The molecule has 3 atom stereocenters. The van der Waals surface area contributed by atoms with Gasteiger partial charge in [-0.1, -0.05) is 13.8 Å². The molecule has 1 fully saturated rings. The molecule has 0 saturated carbocycles. The Balaban J connectivity index is 2.31. The number of nitrogens with one attached hydrogen (secondary N) is 1. The fraction of sp³-hybridized carbons (Fsp3) is 0.933. The van der Waals surface area contributed by atoms with Gasteiger partial charge in [0.25, 0.3) is 5.91 Å². The van der Waals surface area contributed by atoms with Crippen LogP contribution in [-0.4, -0.2) is 57.1 Å². The summed E-state index contributed by atoms with van der Waals surface area (Å²) in [5, 5.41) is 2.20. The summed E-state index contributed by atoms with van der Waals surface area (Å²) < 4.78 is 0. The molecule has 3 N–H and O–H groups in total. The molecule has 0 spiro atoms. The van der Waals surface area contributed by atoms with E-state index in [9.17, 15) is 4.79 Å². The minimum Gasteiger partial charge on any atom is -0.340 e. The third-order valence-electron chi connectivity index (χ3n) is 3.97. The van der Waals surface area contributed by atoms with Crippen LogP contribution in [0.15, 0.2) is 0 Å². The average molecular weight is 271 g/mol. The number of amides is 1. The van der Waals surface area contributed by atoms with Crippen LogP contribution >= 0.6 is 0 Å². The molecule has 1 heterocycles. The number of carbonyl (C=O) groups excluding carboxylic acids is 1. The maximum atomic E-state index is 12.4. The molecule has 0 aromatic rings. The van der Waals surface area contributed by atoms with Crippen LogP contribution in [0.3, 0.4) is 0 Å². The Morgan fingerprint density at radius 3 is 2.42 bits per heavy atom. The van der Waals surface area contributed by atoms with Gasteiger partial charge in [0, 0.05) is 19.5 Å². The van der Waals surface area contributed by atoms with Gasteiger partial charge in [0.1, 0.15) is 0 Å². The van der Waals surface area contributed by atoms with E-state index in [-0.39, 0.29) is 6.04 Å². The van der Waals surface area contributed by atoms with E-state index in [0.717, 1.165) is 19.6 Å². The highest BCUT2D eigenvalue weighted by Gasteiger charge is 2.29. The van der Waals surface area contributed by atoms with Gasteiger partial charge in [0.2, 0.25) is 0 Å². The minimum absolute atomic E-state index is 0.0784. The summed E-state index contributed by atoms with van der Waals surface area (Å²) in [5.41, 5.74) is 0. The molecule has 4 heteroatoms. The van der Waals surface area contributed by atoms with Gasteiger partial charge in [0.05, 0.1) is 27.2 Å². The van der Waals surface area contributed by atoms with Gasteiger partial charge in [-0.15, -0.1) is 0 Å². The van der Waals surface area contributed by atoms with Crippen molar-refractivity contribution in [1.82, 2.24) is 4.90 Å². The molecule has 1 amide bonds. The fourth-order valence-corrected chi connectivity index (χ4v) is 3.06. The Labute approximate surface area is 118 Å². The first-order valence-corrected chi connectivity index (χ1v) is 7.81. The molecular formula is C15H33N3O+2. The summed E-state index contributed by atoms with van der Waals surface area (Å²) in [6.07, 6.45) is 2.43. The quantitative estimate of drug-likeness (QED) is 0.597. The zero-order valence-corrected chi connectivity index (χ0v) is 13.4. The van der Waals surface area contributed by atoms with Crippen molar-refractivity contribution in [2.24, 2.45) is 11.8 Å². The van der Waals surface area contributed by atoms with Crippen LogP contribution in [0.4, 0.5) is 0 Å². The van der Waals surface area contributed by atoms with Crippen molar-refractivity contribution in [3.63, 3.8) is 0 Å². The second-order valence-electron chi connectivity index (χ2n) is 6.81. The fourth-order valence-electron chi connectivity index (χ4n) is 3.06. The highest BCUT2D eigenvalue weighted by Crippen LogP contribution is 2.21. The van der Waals surface area contributed by atoms with Gasteiger partial charge in [-0.05, 0) is 25.2 Å². The second-order valence-corrected chi connectivity index (χ2v) is 6.81. The molecule has 0 unspecified atom stereocenters. The van der Waals surface area contributed by atoms with Gasteiger partial charge in [0.15, 0.2) is 6.04 Å². The van der Waals surface area contributed by atoms with Crippen molar-refractivity contribution in [2.45, 2.75) is 39.7 Å². The van der Waals surface area contributed by atoms with E-state index < -0.39 is 0 Å². The number of carbonyl (C=O) groups is 1. The lowest BCUT2D eigenvalue weighted by Crippen LogP contribution is -3.06. The number of likely N-dealkylation sites (tertiary alicyclic amines) is 1. The first-order valence-electron chi connectivity index (χ1n) is 7.81. The topological polar surface area (TPSA) is 41.4 Å². The van der Waals surface area contributed by atoms with Crippen molar-refractivity contribution in [3.05, 3.63) is 0 Å². The number of nitrogens with two attached hydrogens (primary N) is 1. The van der Waals surface area contributed by atoms with Crippen LogP contribution < -0.4 is 10.2 Å². The van der Waals surface area contributed by atoms with Crippen LogP contribution in [0.1, 0.15) is 33.6 Å². The molecule has 1 aliphatic heterocycles. The summed E-state index contributed by atoms with van der Waals surface area (Å²) in [6, 6.07) is 0.0784. The molecule has 0 radical (unpaired) electrons. The molecule has 0 aliphatic carbocycles. The maximum absolute atomic E-state index is 12.4. The molecule has 0 aromatic heterocycles. The highest BCUT2D eigenvalue weighted by molar-refractivity contribution is 5.80. The smallest absolute Gasteiger partial charge is 0.280 e. The lowest BCUT2D eigenvalue weighted by molar-refractivity contribution is -0.860. The van der Waals surface area contributed by atoms with Crippen molar-refractivity contribution in [1.29, 1.82) is 0 Å². The lowest BCUT2D eigenvalue weighted by atomic mass is 9.91. The molecule has 19 heavy (non-hydrogen) atoms. The maximum Gasteiger partial charge on any atom is 0.280 e. The Kier molecular flexibility index (Phi) is 6.80. The number of hydrogen-bond donors (Lipinski definition) is 2. The Bertz CT molecular complexity index is 271.